The maximum Gasteiger partial charge on any atom is 0.230 e. The molecule has 1 aliphatic rings. The Morgan fingerprint density at radius 3 is 2.79 bits per heavy atom. The molecule has 1 atom stereocenters. The largest absolute Gasteiger partial charge is 0.361 e. The van der Waals surface area contributed by atoms with Crippen molar-refractivity contribution in [2.24, 2.45) is 0 Å². The summed E-state index contributed by atoms with van der Waals surface area (Å²) in [5, 5.41) is 9.32. The van der Waals surface area contributed by atoms with E-state index in [0.29, 0.717) is 5.75 Å². The van der Waals surface area contributed by atoms with Crippen molar-refractivity contribution in [2.75, 3.05) is 5.75 Å². The molecule has 4 rings (SSSR count). The van der Waals surface area contributed by atoms with E-state index in [9.17, 15) is 4.79 Å². The molecule has 2 aromatic heterocycles. The average molecular weight is 427 g/mol. The SMILES string of the molecule is Cc1noc(C)c1CSCC(=O)NC(c1ccc2c(c1)CCCC2)c1cccs1. The molecule has 1 aromatic carbocycles. The third-order valence-corrected chi connectivity index (χ3v) is 7.40. The number of carbonyl (C=O) groups excluding carboxylic acids is 1. The van der Waals surface area contributed by atoms with E-state index < -0.39 is 0 Å². The molecule has 1 aliphatic carbocycles. The standard InChI is InChI=1S/C23H26N2O2S2/c1-15-20(16(2)27-25-15)13-28-14-22(26)24-23(21-8-5-11-29-21)19-10-9-17-6-3-4-7-18(17)12-19/h5,8-12,23H,3-4,6-7,13-14H2,1-2H3,(H,24,26). The van der Waals surface area contributed by atoms with E-state index >= 15 is 0 Å². The van der Waals surface area contributed by atoms with Gasteiger partial charge in [0.15, 0.2) is 0 Å². The monoisotopic (exact) mass is 426 g/mol. The van der Waals surface area contributed by atoms with Crippen LogP contribution in [0.2, 0.25) is 0 Å². The molecular formula is C23H26N2O2S2. The molecule has 0 aliphatic heterocycles. The minimum Gasteiger partial charge on any atom is -0.361 e. The first-order valence-electron chi connectivity index (χ1n) is 10.1. The highest BCUT2D eigenvalue weighted by molar-refractivity contribution is 7.99. The fourth-order valence-corrected chi connectivity index (χ4v) is 5.65. The van der Waals surface area contributed by atoms with Crippen molar-refractivity contribution >= 4 is 29.0 Å². The quantitative estimate of drug-likeness (QED) is 0.552. The zero-order chi connectivity index (χ0) is 20.2. The third-order valence-electron chi connectivity index (χ3n) is 5.50. The number of amides is 1. The molecule has 0 saturated heterocycles. The number of nitrogens with one attached hydrogen (secondary N) is 1. The molecule has 2 heterocycles. The van der Waals surface area contributed by atoms with Gasteiger partial charge in [-0.25, -0.2) is 0 Å². The zero-order valence-electron chi connectivity index (χ0n) is 16.9. The van der Waals surface area contributed by atoms with Crippen molar-refractivity contribution in [1.29, 1.82) is 0 Å². The van der Waals surface area contributed by atoms with Crippen molar-refractivity contribution < 1.29 is 9.32 Å². The number of thiophene rings is 1. The van der Waals surface area contributed by atoms with Gasteiger partial charge in [0, 0.05) is 16.2 Å². The van der Waals surface area contributed by atoms with Crippen LogP contribution >= 0.6 is 23.1 Å². The molecule has 0 bridgehead atoms. The number of rotatable bonds is 7. The lowest BCUT2D eigenvalue weighted by Crippen LogP contribution is -2.30. The fourth-order valence-electron chi connectivity index (χ4n) is 3.86. The van der Waals surface area contributed by atoms with Gasteiger partial charge in [0.1, 0.15) is 5.76 Å². The third kappa shape index (κ3) is 4.75. The molecule has 1 amide bonds. The first-order valence-corrected chi connectivity index (χ1v) is 12.1. The molecule has 29 heavy (non-hydrogen) atoms. The summed E-state index contributed by atoms with van der Waals surface area (Å²) in [7, 11) is 0. The summed E-state index contributed by atoms with van der Waals surface area (Å²) < 4.78 is 5.21. The Bertz CT molecular complexity index is 959. The van der Waals surface area contributed by atoms with Gasteiger partial charge in [-0.2, -0.15) is 0 Å². The number of nitrogens with zero attached hydrogens (tertiary/aromatic N) is 1. The molecule has 0 radical (unpaired) electrons. The minimum atomic E-state index is -0.0885. The highest BCUT2D eigenvalue weighted by atomic mass is 32.2. The minimum absolute atomic E-state index is 0.0536. The molecule has 152 valence electrons. The number of aromatic nitrogens is 1. The van der Waals surface area contributed by atoms with E-state index in [0.717, 1.165) is 29.2 Å². The molecule has 0 spiro atoms. The van der Waals surface area contributed by atoms with Gasteiger partial charge in [0.2, 0.25) is 5.91 Å². The van der Waals surface area contributed by atoms with Crippen molar-refractivity contribution in [2.45, 2.75) is 51.3 Å². The molecular weight excluding hydrogens is 400 g/mol. The van der Waals surface area contributed by atoms with E-state index in [1.807, 2.05) is 19.9 Å². The summed E-state index contributed by atoms with van der Waals surface area (Å²) in [6.07, 6.45) is 4.84. The first-order chi connectivity index (χ1) is 14.1. The van der Waals surface area contributed by atoms with Crippen LogP contribution in [0.25, 0.3) is 0 Å². The second-order valence-electron chi connectivity index (χ2n) is 7.55. The Morgan fingerprint density at radius 1 is 1.24 bits per heavy atom. The van der Waals surface area contributed by atoms with Gasteiger partial charge in [-0.15, -0.1) is 23.1 Å². The Balaban J connectivity index is 1.44. The van der Waals surface area contributed by atoms with E-state index in [2.05, 4.69) is 40.1 Å². The van der Waals surface area contributed by atoms with Crippen LogP contribution in [-0.4, -0.2) is 16.8 Å². The maximum absolute atomic E-state index is 12.7. The number of aryl methyl sites for hydroxylation is 4. The first kappa shape index (κ1) is 20.2. The maximum atomic E-state index is 12.7. The molecule has 1 N–H and O–H groups in total. The van der Waals surface area contributed by atoms with Crippen LogP contribution in [-0.2, 0) is 23.4 Å². The lowest BCUT2D eigenvalue weighted by molar-refractivity contribution is -0.119. The lowest BCUT2D eigenvalue weighted by atomic mass is 9.89. The molecule has 6 heteroatoms. The predicted molar refractivity (Wildman–Crippen MR) is 120 cm³/mol. The Kier molecular flexibility index (Phi) is 6.40. The highest BCUT2D eigenvalue weighted by Crippen LogP contribution is 2.30. The van der Waals surface area contributed by atoms with Crippen molar-refractivity contribution in [1.82, 2.24) is 10.5 Å². The van der Waals surface area contributed by atoms with Gasteiger partial charge >= 0.3 is 0 Å². The van der Waals surface area contributed by atoms with Gasteiger partial charge in [-0.05, 0) is 67.7 Å². The van der Waals surface area contributed by atoms with Crippen LogP contribution in [0.3, 0.4) is 0 Å². The van der Waals surface area contributed by atoms with Gasteiger partial charge in [-0.1, -0.05) is 29.4 Å². The number of carbonyl (C=O) groups is 1. The summed E-state index contributed by atoms with van der Waals surface area (Å²) in [6, 6.07) is 10.8. The van der Waals surface area contributed by atoms with Crippen LogP contribution in [0.4, 0.5) is 0 Å². The predicted octanol–water partition coefficient (Wildman–Crippen LogP) is 5.37. The smallest absolute Gasteiger partial charge is 0.230 e. The molecule has 1 unspecified atom stereocenters. The van der Waals surface area contributed by atoms with Crippen LogP contribution in [0.15, 0.2) is 40.2 Å². The molecule has 0 fully saturated rings. The van der Waals surface area contributed by atoms with E-state index in [-0.39, 0.29) is 11.9 Å². The number of hydrogen-bond donors (Lipinski definition) is 1. The zero-order valence-corrected chi connectivity index (χ0v) is 18.5. The Hall–Kier alpha value is -2.05. The fraction of sp³-hybridized carbons (Fsp3) is 0.391. The Labute approximate surface area is 180 Å². The van der Waals surface area contributed by atoms with Gasteiger partial charge in [0.05, 0.1) is 17.5 Å². The molecule has 0 saturated carbocycles. The topological polar surface area (TPSA) is 55.1 Å². The summed E-state index contributed by atoms with van der Waals surface area (Å²) in [4.78, 5) is 13.9. The molecule has 4 nitrogen and oxygen atoms in total. The highest BCUT2D eigenvalue weighted by Gasteiger charge is 2.20. The van der Waals surface area contributed by atoms with Gasteiger partial charge in [0.25, 0.3) is 0 Å². The average Bonchev–Trinajstić information content (AvgIpc) is 3.37. The van der Waals surface area contributed by atoms with Gasteiger partial charge < -0.3 is 9.84 Å². The van der Waals surface area contributed by atoms with Gasteiger partial charge in [-0.3, -0.25) is 4.79 Å². The van der Waals surface area contributed by atoms with E-state index in [4.69, 9.17) is 4.52 Å². The van der Waals surface area contributed by atoms with Crippen molar-refractivity contribution in [3.8, 4) is 0 Å². The van der Waals surface area contributed by atoms with E-state index in [1.54, 1.807) is 23.1 Å². The number of hydrogen-bond acceptors (Lipinski definition) is 5. The number of thioether (sulfide) groups is 1. The van der Waals surface area contributed by atoms with Crippen molar-refractivity contribution in [3.05, 3.63) is 74.3 Å². The second-order valence-corrected chi connectivity index (χ2v) is 9.51. The van der Waals surface area contributed by atoms with Crippen LogP contribution in [0.1, 0.15) is 57.5 Å². The summed E-state index contributed by atoms with van der Waals surface area (Å²) in [5.41, 5.74) is 6.08. The van der Waals surface area contributed by atoms with Crippen LogP contribution in [0, 0.1) is 13.8 Å². The van der Waals surface area contributed by atoms with Crippen molar-refractivity contribution in [3.63, 3.8) is 0 Å². The van der Waals surface area contributed by atoms with E-state index in [1.165, 1.54) is 40.8 Å². The summed E-state index contributed by atoms with van der Waals surface area (Å²) in [6.45, 7) is 3.86. The number of fused-ring (bicyclic) bond motifs is 1. The van der Waals surface area contributed by atoms with Crippen LogP contribution in [0.5, 0.6) is 0 Å². The Morgan fingerprint density at radius 2 is 2.07 bits per heavy atom. The summed E-state index contributed by atoms with van der Waals surface area (Å²) in [5.74, 6) is 2.03. The lowest BCUT2D eigenvalue weighted by Gasteiger charge is -2.22. The normalized spacial score (nSPS) is 14.4. The second kappa shape index (κ2) is 9.18. The number of benzene rings is 1. The van der Waals surface area contributed by atoms with Crippen LogP contribution < -0.4 is 5.32 Å². The summed E-state index contributed by atoms with van der Waals surface area (Å²) >= 11 is 3.28. The molecule has 3 aromatic rings.